The fraction of sp³-hybridized carbons (Fsp3) is 0.348. The number of likely N-dealkylation sites (N-methyl/N-ethyl adjacent to an activating group) is 1. The van der Waals surface area contributed by atoms with Gasteiger partial charge in [-0.15, -0.1) is 0 Å². The number of anilines is 1. The van der Waals surface area contributed by atoms with Crippen LogP contribution in [0.15, 0.2) is 54.9 Å². The molecule has 2 aromatic heterocycles. The van der Waals surface area contributed by atoms with Crippen molar-refractivity contribution in [2.75, 3.05) is 24.5 Å². The molecule has 2 heterocycles. The Balaban J connectivity index is 1.71. The largest absolute Gasteiger partial charge is 0.370 e. The molecule has 0 aliphatic rings. The van der Waals surface area contributed by atoms with Crippen LogP contribution in [0.25, 0.3) is 5.82 Å². The predicted molar refractivity (Wildman–Crippen MR) is 117 cm³/mol. The third-order valence-electron chi connectivity index (χ3n) is 4.97. The zero-order valence-electron chi connectivity index (χ0n) is 17.6. The summed E-state index contributed by atoms with van der Waals surface area (Å²) in [6, 6.07) is 14.0. The summed E-state index contributed by atoms with van der Waals surface area (Å²) in [5.74, 6) is 0.753. The Bertz CT molecular complexity index is 949. The molecule has 0 fully saturated rings. The Kier molecular flexibility index (Phi) is 6.65. The minimum absolute atomic E-state index is 0.100. The second kappa shape index (κ2) is 9.37. The molecule has 6 heteroatoms. The van der Waals surface area contributed by atoms with Crippen molar-refractivity contribution in [1.29, 1.82) is 0 Å². The number of carbonyl (C=O) groups excluding carboxylic acids is 1. The second-order valence-corrected chi connectivity index (χ2v) is 7.32. The van der Waals surface area contributed by atoms with Gasteiger partial charge in [0.05, 0.1) is 17.5 Å². The average Bonchev–Trinajstić information content (AvgIpc) is 3.18. The summed E-state index contributed by atoms with van der Waals surface area (Å²) in [6.45, 7) is 10.6. The Morgan fingerprint density at radius 3 is 2.59 bits per heavy atom. The zero-order chi connectivity index (χ0) is 20.8. The normalized spacial score (nSPS) is 10.9. The van der Waals surface area contributed by atoms with Gasteiger partial charge in [0.2, 0.25) is 0 Å². The number of nitrogens with one attached hydrogen (secondary N) is 1. The molecule has 152 valence electrons. The topological polar surface area (TPSA) is 63.1 Å². The van der Waals surface area contributed by atoms with E-state index in [-0.39, 0.29) is 11.8 Å². The minimum atomic E-state index is -0.100. The molecule has 29 heavy (non-hydrogen) atoms. The second-order valence-electron chi connectivity index (χ2n) is 7.32. The van der Waals surface area contributed by atoms with Crippen molar-refractivity contribution in [1.82, 2.24) is 20.1 Å². The van der Waals surface area contributed by atoms with Gasteiger partial charge in [-0.3, -0.25) is 4.79 Å². The molecular formula is C23H29N5O. The average molecular weight is 392 g/mol. The first-order chi connectivity index (χ1) is 14.0. The van der Waals surface area contributed by atoms with Crippen LogP contribution < -0.4 is 10.2 Å². The molecule has 1 aromatic carbocycles. The molecule has 1 N–H and O–H groups in total. The smallest absolute Gasteiger partial charge is 0.254 e. The molecule has 0 bridgehead atoms. The number of hydrogen-bond donors (Lipinski definition) is 1. The van der Waals surface area contributed by atoms with E-state index >= 15 is 0 Å². The Hall–Kier alpha value is -3.15. The number of para-hydroxylation sites is 1. The molecule has 0 radical (unpaired) electrons. The summed E-state index contributed by atoms with van der Waals surface area (Å²) in [5, 5.41) is 7.49. The number of rotatable bonds is 8. The molecule has 0 saturated heterocycles. The molecule has 6 nitrogen and oxygen atoms in total. The highest BCUT2D eigenvalue weighted by molar-refractivity contribution is 5.95. The van der Waals surface area contributed by atoms with Gasteiger partial charge in [-0.25, -0.2) is 9.67 Å². The highest BCUT2D eigenvalue weighted by Gasteiger charge is 2.21. The van der Waals surface area contributed by atoms with Crippen molar-refractivity contribution in [3.05, 3.63) is 71.7 Å². The number of benzene rings is 1. The number of aryl methyl sites for hydroxylation is 1. The van der Waals surface area contributed by atoms with E-state index in [0.717, 1.165) is 18.8 Å². The molecule has 1 amide bonds. The van der Waals surface area contributed by atoms with Crippen LogP contribution >= 0.6 is 0 Å². The third kappa shape index (κ3) is 4.65. The van der Waals surface area contributed by atoms with Crippen molar-refractivity contribution in [2.45, 2.75) is 33.6 Å². The van der Waals surface area contributed by atoms with Gasteiger partial charge < -0.3 is 10.2 Å². The van der Waals surface area contributed by atoms with Gasteiger partial charge in [0.25, 0.3) is 5.91 Å². The van der Waals surface area contributed by atoms with Crippen LogP contribution in [-0.2, 0) is 0 Å². The molecular weight excluding hydrogens is 362 g/mol. The van der Waals surface area contributed by atoms with Gasteiger partial charge >= 0.3 is 0 Å². The fourth-order valence-electron chi connectivity index (χ4n) is 3.52. The van der Waals surface area contributed by atoms with Crippen LogP contribution in [0.3, 0.4) is 0 Å². The first-order valence-electron chi connectivity index (χ1n) is 10.1. The molecule has 0 unspecified atom stereocenters. The van der Waals surface area contributed by atoms with E-state index in [1.807, 2.05) is 30.3 Å². The standard InChI is InChI=1S/C23H29N5O/c1-5-27(20-11-7-6-10-18(20)4)15-14-25-23(29)19-16-26-28(22(19)17(2)3)21-12-8-9-13-24-21/h6-13,16-17H,5,14-15H2,1-4H3,(H,25,29). The van der Waals surface area contributed by atoms with Crippen molar-refractivity contribution < 1.29 is 4.79 Å². The maximum absolute atomic E-state index is 12.9. The molecule has 0 spiro atoms. The van der Waals surface area contributed by atoms with E-state index in [9.17, 15) is 4.79 Å². The number of pyridine rings is 1. The summed E-state index contributed by atoms with van der Waals surface area (Å²) >= 11 is 0. The number of nitrogens with zero attached hydrogens (tertiary/aromatic N) is 4. The number of carbonyl (C=O) groups is 1. The maximum Gasteiger partial charge on any atom is 0.254 e. The first kappa shape index (κ1) is 20.6. The van der Waals surface area contributed by atoms with Gasteiger partial charge in [0.1, 0.15) is 0 Å². The van der Waals surface area contributed by atoms with E-state index in [2.05, 4.69) is 60.1 Å². The van der Waals surface area contributed by atoms with Crippen molar-refractivity contribution in [3.8, 4) is 5.82 Å². The molecule has 0 aliphatic carbocycles. The Labute approximate surface area is 172 Å². The maximum atomic E-state index is 12.9. The van der Waals surface area contributed by atoms with E-state index < -0.39 is 0 Å². The predicted octanol–water partition coefficient (Wildman–Crippen LogP) is 3.96. The van der Waals surface area contributed by atoms with Gasteiger partial charge in [-0.1, -0.05) is 38.1 Å². The molecule has 3 aromatic rings. The lowest BCUT2D eigenvalue weighted by atomic mass is 10.1. The Morgan fingerprint density at radius 1 is 1.17 bits per heavy atom. The van der Waals surface area contributed by atoms with Crippen LogP contribution in [0.2, 0.25) is 0 Å². The minimum Gasteiger partial charge on any atom is -0.370 e. The summed E-state index contributed by atoms with van der Waals surface area (Å²) in [7, 11) is 0. The summed E-state index contributed by atoms with van der Waals surface area (Å²) in [5.41, 5.74) is 3.91. The van der Waals surface area contributed by atoms with Gasteiger partial charge in [-0.05, 0) is 43.5 Å². The lowest BCUT2D eigenvalue weighted by Gasteiger charge is -2.25. The van der Waals surface area contributed by atoms with E-state index in [1.54, 1.807) is 17.1 Å². The van der Waals surface area contributed by atoms with Gasteiger partial charge in [0, 0.05) is 31.5 Å². The summed E-state index contributed by atoms with van der Waals surface area (Å²) in [4.78, 5) is 19.5. The van der Waals surface area contributed by atoms with Crippen LogP contribution in [0.5, 0.6) is 0 Å². The lowest BCUT2D eigenvalue weighted by molar-refractivity contribution is 0.0953. The number of aromatic nitrogens is 3. The first-order valence-corrected chi connectivity index (χ1v) is 10.1. The quantitative estimate of drug-likeness (QED) is 0.631. The molecule has 0 aliphatic heterocycles. The highest BCUT2D eigenvalue weighted by Crippen LogP contribution is 2.22. The van der Waals surface area contributed by atoms with Crippen molar-refractivity contribution in [3.63, 3.8) is 0 Å². The SMILES string of the molecule is CCN(CCNC(=O)c1cnn(-c2ccccn2)c1C(C)C)c1ccccc1C. The van der Waals surface area contributed by atoms with Crippen LogP contribution in [0.4, 0.5) is 5.69 Å². The lowest BCUT2D eigenvalue weighted by Crippen LogP contribution is -2.35. The van der Waals surface area contributed by atoms with Crippen molar-refractivity contribution in [2.24, 2.45) is 0 Å². The van der Waals surface area contributed by atoms with Crippen LogP contribution in [-0.4, -0.2) is 40.3 Å². The van der Waals surface area contributed by atoms with Gasteiger partial charge in [0.15, 0.2) is 5.82 Å². The zero-order valence-corrected chi connectivity index (χ0v) is 17.6. The Morgan fingerprint density at radius 2 is 1.93 bits per heavy atom. The molecule has 0 atom stereocenters. The monoisotopic (exact) mass is 391 g/mol. The summed E-state index contributed by atoms with van der Waals surface area (Å²) < 4.78 is 1.76. The van der Waals surface area contributed by atoms with E-state index in [0.29, 0.717) is 17.9 Å². The summed E-state index contributed by atoms with van der Waals surface area (Å²) in [6.07, 6.45) is 3.37. The van der Waals surface area contributed by atoms with Crippen LogP contribution in [0.1, 0.15) is 48.3 Å². The third-order valence-corrected chi connectivity index (χ3v) is 4.97. The highest BCUT2D eigenvalue weighted by atomic mass is 16.1. The number of amides is 1. The van der Waals surface area contributed by atoms with Crippen molar-refractivity contribution >= 4 is 11.6 Å². The molecule has 0 saturated carbocycles. The number of hydrogen-bond acceptors (Lipinski definition) is 4. The fourth-order valence-corrected chi connectivity index (χ4v) is 3.52. The van der Waals surface area contributed by atoms with E-state index in [1.165, 1.54) is 11.3 Å². The molecule has 3 rings (SSSR count). The van der Waals surface area contributed by atoms with Gasteiger partial charge in [-0.2, -0.15) is 5.10 Å². The van der Waals surface area contributed by atoms with Crippen LogP contribution in [0, 0.1) is 6.92 Å². The van der Waals surface area contributed by atoms with E-state index in [4.69, 9.17) is 0 Å².